The summed E-state index contributed by atoms with van der Waals surface area (Å²) in [5.74, 6) is 0.670. The van der Waals surface area contributed by atoms with Gasteiger partial charge in [-0.25, -0.2) is 9.97 Å². The summed E-state index contributed by atoms with van der Waals surface area (Å²) in [7, 11) is 0. The third kappa shape index (κ3) is 3.42. The number of nitrogens with zero attached hydrogens (tertiary/aromatic N) is 3. The van der Waals surface area contributed by atoms with Crippen LogP contribution in [-0.2, 0) is 5.41 Å². The molecule has 0 spiro atoms. The first-order valence-corrected chi connectivity index (χ1v) is 16.9. The normalized spacial score (nSPS) is 13.7. The van der Waals surface area contributed by atoms with E-state index in [-0.39, 0.29) is 5.41 Å². The monoisotopic (exact) mass is 626 g/mol. The zero-order valence-electron chi connectivity index (χ0n) is 27.1. The number of aromatic nitrogens is 4. The van der Waals surface area contributed by atoms with E-state index in [1.807, 2.05) is 0 Å². The molecule has 230 valence electrons. The first-order chi connectivity index (χ1) is 24.1. The second-order valence-corrected chi connectivity index (χ2v) is 13.8. The van der Waals surface area contributed by atoms with E-state index < -0.39 is 0 Å². The number of aromatic amines is 1. The van der Waals surface area contributed by atoms with Gasteiger partial charge < -0.3 is 4.98 Å². The molecule has 0 saturated carbocycles. The molecular weight excluding hydrogens is 597 g/mol. The quantitative estimate of drug-likeness (QED) is 0.207. The molecule has 10 aromatic rings. The molecule has 4 heteroatoms. The van der Waals surface area contributed by atoms with Crippen LogP contribution in [0.3, 0.4) is 0 Å². The van der Waals surface area contributed by atoms with Gasteiger partial charge >= 0.3 is 0 Å². The minimum absolute atomic E-state index is 0.138. The van der Waals surface area contributed by atoms with Crippen LogP contribution >= 0.6 is 0 Å². The molecule has 0 atom stereocenters. The number of fused-ring (bicyclic) bond motifs is 15. The van der Waals surface area contributed by atoms with Gasteiger partial charge in [-0.15, -0.1) is 0 Å². The molecule has 0 fully saturated rings. The zero-order chi connectivity index (χ0) is 32.4. The van der Waals surface area contributed by atoms with Gasteiger partial charge in [0.2, 0.25) is 5.95 Å². The summed E-state index contributed by atoms with van der Waals surface area (Å²) in [6.45, 7) is 4.66. The summed E-state index contributed by atoms with van der Waals surface area (Å²) >= 11 is 0. The minimum Gasteiger partial charge on any atom is -0.353 e. The van der Waals surface area contributed by atoms with Crippen LogP contribution in [0.4, 0.5) is 0 Å². The Kier molecular flexibility index (Phi) is 5.15. The number of nitrogens with one attached hydrogen (secondary N) is 1. The van der Waals surface area contributed by atoms with Crippen LogP contribution in [0.2, 0.25) is 0 Å². The van der Waals surface area contributed by atoms with E-state index in [0.717, 1.165) is 44.2 Å². The maximum atomic E-state index is 5.62. The predicted molar refractivity (Wildman–Crippen MR) is 204 cm³/mol. The second-order valence-electron chi connectivity index (χ2n) is 13.8. The van der Waals surface area contributed by atoms with Crippen molar-refractivity contribution in [1.29, 1.82) is 0 Å². The predicted octanol–water partition coefficient (Wildman–Crippen LogP) is 11.5. The maximum absolute atomic E-state index is 5.62. The SMILES string of the molecule is CC1(C)c2ccccc2-c2c1ccc1c(-c3ccccc3)nc(-n3c4ccccc4c4c5ccccc5c5c6ccccc6[nH]c5c43)nc21. The standard InChI is InChI=1S/C45H30N4/c1-45(2)33-21-11-8-18-29(33)39-34(45)25-24-32-40(26-14-4-3-5-15-26)47-44(48-41(32)39)49-36-23-13-10-20-31(36)38-28-17-7-6-16-27(28)37-30-19-9-12-22-35(30)46-42(37)43(38)49/h3-25,46H,1-2H3. The minimum atomic E-state index is -0.138. The summed E-state index contributed by atoms with van der Waals surface area (Å²) in [6.07, 6.45) is 0. The highest BCUT2D eigenvalue weighted by Gasteiger charge is 2.37. The molecule has 1 aliphatic carbocycles. The molecule has 49 heavy (non-hydrogen) atoms. The summed E-state index contributed by atoms with van der Waals surface area (Å²) in [6, 6.07) is 50.1. The lowest BCUT2D eigenvalue weighted by atomic mass is 9.82. The number of rotatable bonds is 2. The highest BCUT2D eigenvalue weighted by molar-refractivity contribution is 6.35. The van der Waals surface area contributed by atoms with Gasteiger partial charge in [-0.1, -0.05) is 141 Å². The number of benzene rings is 7. The number of para-hydroxylation sites is 2. The molecule has 0 aliphatic heterocycles. The van der Waals surface area contributed by atoms with Crippen molar-refractivity contribution in [3.05, 3.63) is 151 Å². The van der Waals surface area contributed by atoms with Gasteiger partial charge in [0.15, 0.2) is 0 Å². The molecule has 3 aromatic heterocycles. The Labute approximate surface area is 282 Å². The Morgan fingerprint density at radius 3 is 2.06 bits per heavy atom. The van der Waals surface area contributed by atoms with Crippen LogP contribution < -0.4 is 0 Å². The van der Waals surface area contributed by atoms with Crippen molar-refractivity contribution in [2.24, 2.45) is 0 Å². The largest absolute Gasteiger partial charge is 0.353 e. The van der Waals surface area contributed by atoms with Crippen LogP contribution in [0.5, 0.6) is 0 Å². The lowest BCUT2D eigenvalue weighted by Gasteiger charge is -2.21. The number of hydrogen-bond donors (Lipinski definition) is 1. The smallest absolute Gasteiger partial charge is 0.235 e. The van der Waals surface area contributed by atoms with Crippen LogP contribution in [0.15, 0.2) is 140 Å². The van der Waals surface area contributed by atoms with E-state index in [2.05, 4.69) is 163 Å². The van der Waals surface area contributed by atoms with Crippen molar-refractivity contribution in [3.63, 3.8) is 0 Å². The lowest BCUT2D eigenvalue weighted by Crippen LogP contribution is -2.14. The van der Waals surface area contributed by atoms with Gasteiger partial charge in [0.1, 0.15) is 0 Å². The average Bonchev–Trinajstić information content (AvgIpc) is 3.78. The fraction of sp³-hybridized carbons (Fsp3) is 0.0667. The van der Waals surface area contributed by atoms with Crippen molar-refractivity contribution < 1.29 is 0 Å². The van der Waals surface area contributed by atoms with E-state index >= 15 is 0 Å². The first-order valence-electron chi connectivity index (χ1n) is 16.9. The Morgan fingerprint density at radius 2 is 1.22 bits per heavy atom. The van der Waals surface area contributed by atoms with Crippen LogP contribution in [0.25, 0.3) is 93.6 Å². The molecular formula is C45H30N4. The Bertz CT molecular complexity index is 3020. The van der Waals surface area contributed by atoms with Crippen molar-refractivity contribution in [2.45, 2.75) is 19.3 Å². The molecule has 11 rings (SSSR count). The van der Waals surface area contributed by atoms with Crippen molar-refractivity contribution in [2.75, 3.05) is 0 Å². The van der Waals surface area contributed by atoms with Crippen molar-refractivity contribution >= 4 is 65.3 Å². The van der Waals surface area contributed by atoms with Crippen LogP contribution in [0.1, 0.15) is 25.0 Å². The molecule has 0 radical (unpaired) electrons. The van der Waals surface area contributed by atoms with Gasteiger partial charge in [-0.2, -0.15) is 0 Å². The Hall–Kier alpha value is -6.26. The molecule has 0 unspecified atom stereocenters. The van der Waals surface area contributed by atoms with Gasteiger partial charge in [0.25, 0.3) is 0 Å². The van der Waals surface area contributed by atoms with Gasteiger partial charge in [0.05, 0.1) is 27.8 Å². The third-order valence-corrected chi connectivity index (χ3v) is 10.9. The molecule has 1 N–H and O–H groups in total. The lowest BCUT2D eigenvalue weighted by molar-refractivity contribution is 0.661. The first kappa shape index (κ1) is 26.8. The Morgan fingerprint density at radius 1 is 0.551 bits per heavy atom. The summed E-state index contributed by atoms with van der Waals surface area (Å²) in [5, 5.41) is 8.36. The summed E-state index contributed by atoms with van der Waals surface area (Å²) in [4.78, 5) is 15.0. The van der Waals surface area contributed by atoms with Crippen molar-refractivity contribution in [1.82, 2.24) is 19.5 Å². The molecule has 4 nitrogen and oxygen atoms in total. The number of hydrogen-bond acceptors (Lipinski definition) is 2. The van der Waals surface area contributed by atoms with Gasteiger partial charge in [-0.05, 0) is 39.6 Å². The zero-order valence-corrected chi connectivity index (χ0v) is 27.1. The second kappa shape index (κ2) is 9.42. The van der Waals surface area contributed by atoms with Gasteiger partial charge in [-0.3, -0.25) is 4.57 Å². The van der Waals surface area contributed by atoms with E-state index in [4.69, 9.17) is 9.97 Å². The molecule has 0 bridgehead atoms. The van der Waals surface area contributed by atoms with Crippen molar-refractivity contribution in [3.8, 4) is 28.3 Å². The van der Waals surface area contributed by atoms with Crippen LogP contribution in [0, 0.1) is 0 Å². The fourth-order valence-electron chi connectivity index (χ4n) is 8.76. The molecule has 3 heterocycles. The molecule has 0 amide bonds. The highest BCUT2D eigenvalue weighted by atomic mass is 15.2. The fourth-order valence-corrected chi connectivity index (χ4v) is 8.76. The summed E-state index contributed by atoms with van der Waals surface area (Å²) < 4.78 is 2.31. The Balaban J connectivity index is 1.38. The third-order valence-electron chi connectivity index (χ3n) is 10.9. The van der Waals surface area contributed by atoms with E-state index in [9.17, 15) is 0 Å². The molecule has 1 aliphatic rings. The molecule has 7 aromatic carbocycles. The maximum Gasteiger partial charge on any atom is 0.235 e. The van der Waals surface area contributed by atoms with E-state index in [0.29, 0.717) is 5.95 Å². The average molecular weight is 627 g/mol. The van der Waals surface area contributed by atoms with E-state index in [1.54, 1.807) is 0 Å². The number of H-pyrrole nitrogens is 1. The summed E-state index contributed by atoms with van der Waals surface area (Å²) in [5.41, 5.74) is 12.3. The highest BCUT2D eigenvalue weighted by Crippen LogP contribution is 2.52. The van der Waals surface area contributed by atoms with Gasteiger partial charge in [0, 0.05) is 49.0 Å². The molecule has 0 saturated heterocycles. The topological polar surface area (TPSA) is 46.5 Å². The van der Waals surface area contributed by atoms with Crippen LogP contribution in [-0.4, -0.2) is 19.5 Å². The van der Waals surface area contributed by atoms with E-state index in [1.165, 1.54) is 54.6 Å².